The number of carbonyl (C=O) groups excluding carboxylic acids is 1. The van der Waals surface area contributed by atoms with Gasteiger partial charge >= 0.3 is 0 Å². The molecule has 2 rings (SSSR count). The predicted octanol–water partition coefficient (Wildman–Crippen LogP) is 2.19. The highest BCUT2D eigenvalue weighted by atomic mass is 16.5. The molecule has 1 unspecified atom stereocenters. The van der Waals surface area contributed by atoms with E-state index < -0.39 is 0 Å². The summed E-state index contributed by atoms with van der Waals surface area (Å²) in [5.41, 5.74) is 2.72. The Morgan fingerprint density at radius 1 is 1.35 bits per heavy atom. The second kappa shape index (κ2) is 7.29. The first-order chi connectivity index (χ1) is 9.74. The monoisotopic (exact) mass is 276 g/mol. The molecule has 2 N–H and O–H groups in total. The maximum Gasteiger partial charge on any atom is 0.257 e. The fraction of sp³-hybridized carbons (Fsp3) is 0.562. The second-order valence-corrected chi connectivity index (χ2v) is 5.11. The molecule has 0 fully saturated rings. The Morgan fingerprint density at radius 3 is 2.95 bits per heavy atom. The van der Waals surface area contributed by atoms with Crippen molar-refractivity contribution in [2.24, 2.45) is 0 Å². The van der Waals surface area contributed by atoms with Crippen molar-refractivity contribution < 1.29 is 9.53 Å². The summed E-state index contributed by atoms with van der Waals surface area (Å²) in [6.45, 7) is 5.75. The SMILES string of the molecule is CCNC(=O)COc1ccc2c(c1)CCCC2NCC. The van der Waals surface area contributed by atoms with Crippen LogP contribution in [0.3, 0.4) is 0 Å². The van der Waals surface area contributed by atoms with E-state index in [0.717, 1.165) is 18.7 Å². The number of benzene rings is 1. The first kappa shape index (κ1) is 14.9. The first-order valence-electron chi connectivity index (χ1n) is 7.50. The number of fused-ring (bicyclic) bond motifs is 1. The van der Waals surface area contributed by atoms with Gasteiger partial charge in [0.25, 0.3) is 5.91 Å². The van der Waals surface area contributed by atoms with Crippen LogP contribution in [0.15, 0.2) is 18.2 Å². The van der Waals surface area contributed by atoms with Gasteiger partial charge in [-0.1, -0.05) is 13.0 Å². The lowest BCUT2D eigenvalue weighted by Gasteiger charge is -2.26. The number of nitrogens with one attached hydrogen (secondary N) is 2. The minimum absolute atomic E-state index is 0.0734. The quantitative estimate of drug-likeness (QED) is 0.837. The standard InChI is InChI=1S/C16H24N2O2/c1-3-17-15-7-5-6-12-10-13(8-9-14(12)15)20-11-16(19)18-4-2/h8-10,15,17H,3-7,11H2,1-2H3,(H,18,19). The van der Waals surface area contributed by atoms with E-state index in [1.807, 2.05) is 13.0 Å². The summed E-state index contributed by atoms with van der Waals surface area (Å²) in [6, 6.07) is 6.64. The van der Waals surface area contributed by atoms with Gasteiger partial charge in [-0.05, 0) is 56.0 Å². The molecule has 0 spiro atoms. The van der Waals surface area contributed by atoms with E-state index in [-0.39, 0.29) is 12.5 Å². The van der Waals surface area contributed by atoms with E-state index >= 15 is 0 Å². The molecular formula is C16H24N2O2. The third-order valence-corrected chi connectivity index (χ3v) is 3.62. The van der Waals surface area contributed by atoms with Crippen LogP contribution >= 0.6 is 0 Å². The number of rotatable bonds is 6. The third-order valence-electron chi connectivity index (χ3n) is 3.62. The minimum atomic E-state index is -0.0734. The van der Waals surface area contributed by atoms with Gasteiger partial charge in [-0.2, -0.15) is 0 Å². The smallest absolute Gasteiger partial charge is 0.257 e. The summed E-state index contributed by atoms with van der Waals surface area (Å²) in [4.78, 5) is 11.4. The van der Waals surface area contributed by atoms with Crippen molar-refractivity contribution in [3.05, 3.63) is 29.3 Å². The van der Waals surface area contributed by atoms with Gasteiger partial charge in [0.1, 0.15) is 5.75 Å². The lowest BCUT2D eigenvalue weighted by Crippen LogP contribution is -2.28. The number of amides is 1. The number of hydrogen-bond donors (Lipinski definition) is 2. The second-order valence-electron chi connectivity index (χ2n) is 5.11. The average Bonchev–Trinajstić information content (AvgIpc) is 2.46. The topological polar surface area (TPSA) is 50.4 Å². The summed E-state index contributed by atoms with van der Waals surface area (Å²) >= 11 is 0. The highest BCUT2D eigenvalue weighted by Gasteiger charge is 2.19. The molecule has 1 atom stereocenters. The Hall–Kier alpha value is -1.55. The van der Waals surface area contributed by atoms with Gasteiger partial charge in [0, 0.05) is 12.6 Å². The summed E-state index contributed by atoms with van der Waals surface area (Å²) in [7, 11) is 0. The molecule has 0 saturated carbocycles. The first-order valence-corrected chi connectivity index (χ1v) is 7.50. The van der Waals surface area contributed by atoms with Crippen LogP contribution in [-0.2, 0) is 11.2 Å². The molecule has 1 amide bonds. The van der Waals surface area contributed by atoms with Gasteiger partial charge in [-0.3, -0.25) is 4.79 Å². The van der Waals surface area contributed by atoms with Gasteiger partial charge in [-0.25, -0.2) is 0 Å². The molecule has 0 bridgehead atoms. The molecule has 110 valence electrons. The van der Waals surface area contributed by atoms with Crippen molar-refractivity contribution in [3.8, 4) is 5.75 Å². The minimum Gasteiger partial charge on any atom is -0.484 e. The van der Waals surface area contributed by atoms with Crippen molar-refractivity contribution >= 4 is 5.91 Å². The number of likely N-dealkylation sites (N-methyl/N-ethyl adjacent to an activating group) is 1. The molecule has 4 nitrogen and oxygen atoms in total. The molecule has 0 radical (unpaired) electrons. The number of aryl methyl sites for hydroxylation is 1. The van der Waals surface area contributed by atoms with E-state index in [1.165, 1.54) is 24.0 Å². The third kappa shape index (κ3) is 3.73. The number of ether oxygens (including phenoxy) is 1. The zero-order valence-corrected chi connectivity index (χ0v) is 12.4. The fourth-order valence-corrected chi connectivity index (χ4v) is 2.74. The molecule has 4 heteroatoms. The van der Waals surface area contributed by atoms with Crippen molar-refractivity contribution in [1.82, 2.24) is 10.6 Å². The Balaban J connectivity index is 2.02. The lowest BCUT2D eigenvalue weighted by atomic mass is 9.87. The summed E-state index contributed by atoms with van der Waals surface area (Å²) in [6.07, 6.45) is 3.49. The number of carbonyl (C=O) groups is 1. The predicted molar refractivity (Wildman–Crippen MR) is 80.0 cm³/mol. The Bertz CT molecular complexity index is 460. The van der Waals surface area contributed by atoms with Crippen LogP contribution in [0.2, 0.25) is 0 Å². The summed E-state index contributed by atoms with van der Waals surface area (Å²) in [5, 5.41) is 6.25. The van der Waals surface area contributed by atoms with Gasteiger partial charge < -0.3 is 15.4 Å². The molecule has 1 aliphatic carbocycles. The Labute approximate surface area is 120 Å². The van der Waals surface area contributed by atoms with Crippen LogP contribution in [0.5, 0.6) is 5.75 Å². The summed E-state index contributed by atoms with van der Waals surface area (Å²) in [5.74, 6) is 0.711. The van der Waals surface area contributed by atoms with Crippen molar-refractivity contribution in [2.75, 3.05) is 19.7 Å². The normalized spacial score (nSPS) is 17.4. The van der Waals surface area contributed by atoms with Crippen LogP contribution in [-0.4, -0.2) is 25.6 Å². The molecule has 0 saturated heterocycles. The molecule has 0 heterocycles. The van der Waals surface area contributed by atoms with E-state index in [9.17, 15) is 4.79 Å². The fourth-order valence-electron chi connectivity index (χ4n) is 2.74. The highest BCUT2D eigenvalue weighted by molar-refractivity contribution is 5.77. The maximum absolute atomic E-state index is 11.4. The lowest BCUT2D eigenvalue weighted by molar-refractivity contribution is -0.122. The summed E-state index contributed by atoms with van der Waals surface area (Å²) < 4.78 is 5.55. The van der Waals surface area contributed by atoms with Crippen molar-refractivity contribution in [3.63, 3.8) is 0 Å². The molecule has 0 aromatic heterocycles. The van der Waals surface area contributed by atoms with Crippen molar-refractivity contribution in [1.29, 1.82) is 0 Å². The van der Waals surface area contributed by atoms with Crippen molar-refractivity contribution in [2.45, 2.75) is 39.2 Å². The Morgan fingerprint density at radius 2 is 2.20 bits per heavy atom. The number of hydrogen-bond acceptors (Lipinski definition) is 3. The van der Waals surface area contributed by atoms with Crippen LogP contribution in [0, 0.1) is 0 Å². The van der Waals surface area contributed by atoms with E-state index in [4.69, 9.17) is 4.74 Å². The Kier molecular flexibility index (Phi) is 5.41. The maximum atomic E-state index is 11.4. The van der Waals surface area contributed by atoms with Gasteiger partial charge in [-0.15, -0.1) is 0 Å². The molecule has 0 aliphatic heterocycles. The highest BCUT2D eigenvalue weighted by Crippen LogP contribution is 2.32. The largest absolute Gasteiger partial charge is 0.484 e. The van der Waals surface area contributed by atoms with Gasteiger partial charge in [0.2, 0.25) is 0 Å². The van der Waals surface area contributed by atoms with E-state index in [2.05, 4.69) is 29.7 Å². The molecule has 1 aromatic carbocycles. The molecule has 1 aliphatic rings. The van der Waals surface area contributed by atoms with Crippen LogP contribution in [0.4, 0.5) is 0 Å². The van der Waals surface area contributed by atoms with Gasteiger partial charge in [0.15, 0.2) is 6.61 Å². The zero-order valence-electron chi connectivity index (χ0n) is 12.4. The average molecular weight is 276 g/mol. The zero-order chi connectivity index (χ0) is 14.4. The molecule has 1 aromatic rings. The van der Waals surface area contributed by atoms with Crippen LogP contribution < -0.4 is 15.4 Å². The van der Waals surface area contributed by atoms with E-state index in [0.29, 0.717) is 12.6 Å². The molecule has 20 heavy (non-hydrogen) atoms. The molecular weight excluding hydrogens is 252 g/mol. The van der Waals surface area contributed by atoms with Gasteiger partial charge in [0.05, 0.1) is 0 Å². The van der Waals surface area contributed by atoms with E-state index in [1.54, 1.807) is 0 Å². The van der Waals surface area contributed by atoms with Crippen LogP contribution in [0.25, 0.3) is 0 Å². The van der Waals surface area contributed by atoms with Crippen LogP contribution in [0.1, 0.15) is 43.9 Å².